The highest BCUT2D eigenvalue weighted by molar-refractivity contribution is 9.10. The van der Waals surface area contributed by atoms with E-state index in [0.717, 1.165) is 36.2 Å². The van der Waals surface area contributed by atoms with Gasteiger partial charge >= 0.3 is 0 Å². The predicted molar refractivity (Wildman–Crippen MR) is 86.1 cm³/mol. The molecule has 3 rings (SSSR count). The second-order valence-corrected chi connectivity index (χ2v) is 6.52. The lowest BCUT2D eigenvalue weighted by atomic mass is 10.1. The van der Waals surface area contributed by atoms with Crippen LogP contribution in [-0.4, -0.2) is 42.6 Å². The Morgan fingerprint density at radius 2 is 2.33 bits per heavy atom. The predicted octanol–water partition coefficient (Wildman–Crippen LogP) is 2.22. The third kappa shape index (κ3) is 3.39. The fourth-order valence-electron chi connectivity index (χ4n) is 3.21. The zero-order valence-electron chi connectivity index (χ0n) is 11.8. The summed E-state index contributed by atoms with van der Waals surface area (Å²) in [6, 6.07) is 5.79. The van der Waals surface area contributed by atoms with E-state index in [4.69, 9.17) is 10.5 Å². The number of hydrogen-bond acceptors (Lipinski definition) is 4. The molecule has 1 aromatic rings. The van der Waals surface area contributed by atoms with Crippen molar-refractivity contribution in [2.75, 3.05) is 30.7 Å². The van der Waals surface area contributed by atoms with Gasteiger partial charge in [-0.25, -0.2) is 0 Å². The molecule has 114 valence electrons. The van der Waals surface area contributed by atoms with Crippen LogP contribution in [0.1, 0.15) is 19.3 Å². The Kier molecular flexibility index (Phi) is 4.47. The smallest absolute Gasteiger partial charge is 0.238 e. The number of nitrogens with one attached hydrogen (secondary N) is 1. The van der Waals surface area contributed by atoms with Crippen molar-refractivity contribution in [1.29, 1.82) is 0 Å². The molecular weight excluding hydrogens is 334 g/mol. The van der Waals surface area contributed by atoms with Crippen molar-refractivity contribution in [3.8, 4) is 0 Å². The molecule has 0 radical (unpaired) electrons. The van der Waals surface area contributed by atoms with Crippen LogP contribution >= 0.6 is 15.9 Å². The number of hydrogen-bond donors (Lipinski definition) is 2. The number of ether oxygens (including phenoxy) is 1. The normalized spacial score (nSPS) is 25.6. The molecule has 1 amide bonds. The van der Waals surface area contributed by atoms with Crippen LogP contribution < -0.4 is 11.1 Å². The number of amides is 1. The number of nitrogens with zero attached hydrogens (tertiary/aromatic N) is 1. The summed E-state index contributed by atoms with van der Waals surface area (Å²) in [5, 5.41) is 2.94. The number of halogens is 1. The molecule has 2 unspecified atom stereocenters. The number of benzene rings is 1. The summed E-state index contributed by atoms with van der Waals surface area (Å²) in [7, 11) is 0. The average Bonchev–Trinajstić information content (AvgIpc) is 2.91. The zero-order valence-corrected chi connectivity index (χ0v) is 13.4. The third-order valence-electron chi connectivity index (χ3n) is 4.21. The largest absolute Gasteiger partial charge is 0.399 e. The van der Waals surface area contributed by atoms with Gasteiger partial charge in [0, 0.05) is 22.7 Å². The Morgan fingerprint density at radius 3 is 3.14 bits per heavy atom. The van der Waals surface area contributed by atoms with Crippen molar-refractivity contribution in [1.82, 2.24) is 4.90 Å². The topological polar surface area (TPSA) is 67.6 Å². The van der Waals surface area contributed by atoms with Gasteiger partial charge < -0.3 is 15.8 Å². The van der Waals surface area contributed by atoms with Crippen LogP contribution in [0, 0.1) is 0 Å². The van der Waals surface area contributed by atoms with Crippen molar-refractivity contribution >= 4 is 33.2 Å². The third-order valence-corrected chi connectivity index (χ3v) is 4.87. The molecule has 1 aromatic carbocycles. The second kappa shape index (κ2) is 6.34. The van der Waals surface area contributed by atoms with E-state index in [9.17, 15) is 4.79 Å². The lowest BCUT2D eigenvalue weighted by molar-refractivity contribution is -0.121. The zero-order chi connectivity index (χ0) is 14.8. The van der Waals surface area contributed by atoms with Crippen molar-refractivity contribution in [3.05, 3.63) is 22.7 Å². The first kappa shape index (κ1) is 14.8. The molecule has 1 aliphatic carbocycles. The molecule has 2 atom stereocenters. The SMILES string of the molecule is Nc1ccc(NC(=O)CN2CCOC3CCCC32)c(Br)c1. The maximum Gasteiger partial charge on any atom is 0.238 e. The summed E-state index contributed by atoms with van der Waals surface area (Å²) in [6.45, 7) is 1.97. The monoisotopic (exact) mass is 353 g/mol. The molecule has 1 saturated heterocycles. The molecule has 0 aromatic heterocycles. The van der Waals surface area contributed by atoms with Gasteiger partial charge in [-0.3, -0.25) is 9.69 Å². The van der Waals surface area contributed by atoms with E-state index < -0.39 is 0 Å². The lowest BCUT2D eigenvalue weighted by Crippen LogP contribution is -2.51. The van der Waals surface area contributed by atoms with Crippen LogP contribution in [0.3, 0.4) is 0 Å². The summed E-state index contributed by atoms with van der Waals surface area (Å²) in [6.07, 6.45) is 3.75. The molecule has 1 aliphatic heterocycles. The van der Waals surface area contributed by atoms with E-state index >= 15 is 0 Å². The van der Waals surface area contributed by atoms with Crippen LogP contribution in [0.5, 0.6) is 0 Å². The summed E-state index contributed by atoms with van der Waals surface area (Å²) < 4.78 is 6.57. The number of rotatable bonds is 3. The molecule has 5 nitrogen and oxygen atoms in total. The van der Waals surface area contributed by atoms with E-state index in [-0.39, 0.29) is 5.91 Å². The molecule has 2 aliphatic rings. The van der Waals surface area contributed by atoms with Gasteiger partial charge in [0.05, 0.1) is 24.9 Å². The van der Waals surface area contributed by atoms with Crippen molar-refractivity contribution in [2.24, 2.45) is 0 Å². The van der Waals surface area contributed by atoms with E-state index in [0.29, 0.717) is 24.4 Å². The van der Waals surface area contributed by atoms with Gasteiger partial charge in [-0.05, 0) is 53.4 Å². The minimum Gasteiger partial charge on any atom is -0.399 e. The number of morpholine rings is 1. The fraction of sp³-hybridized carbons (Fsp3) is 0.533. The summed E-state index contributed by atoms with van der Waals surface area (Å²) in [5.41, 5.74) is 7.12. The molecule has 2 fully saturated rings. The van der Waals surface area contributed by atoms with Gasteiger partial charge in [-0.15, -0.1) is 0 Å². The average molecular weight is 354 g/mol. The molecule has 3 N–H and O–H groups in total. The minimum atomic E-state index is 0.00743. The molecule has 21 heavy (non-hydrogen) atoms. The summed E-state index contributed by atoms with van der Waals surface area (Å²) >= 11 is 3.42. The highest BCUT2D eigenvalue weighted by atomic mass is 79.9. The van der Waals surface area contributed by atoms with Crippen LogP contribution in [-0.2, 0) is 9.53 Å². The first-order valence-electron chi connectivity index (χ1n) is 7.34. The molecule has 0 spiro atoms. The van der Waals surface area contributed by atoms with Gasteiger partial charge in [0.1, 0.15) is 0 Å². The van der Waals surface area contributed by atoms with Gasteiger partial charge in [0.25, 0.3) is 0 Å². The summed E-state index contributed by atoms with van der Waals surface area (Å²) in [4.78, 5) is 14.5. The van der Waals surface area contributed by atoms with Crippen LogP contribution in [0.4, 0.5) is 11.4 Å². The highest BCUT2D eigenvalue weighted by Gasteiger charge is 2.36. The van der Waals surface area contributed by atoms with Crippen molar-refractivity contribution in [3.63, 3.8) is 0 Å². The van der Waals surface area contributed by atoms with E-state index in [1.807, 2.05) is 6.07 Å². The first-order valence-corrected chi connectivity index (χ1v) is 8.13. The Balaban J connectivity index is 1.61. The first-order chi connectivity index (χ1) is 10.1. The molecular formula is C15H20BrN3O2. The second-order valence-electron chi connectivity index (χ2n) is 5.67. The minimum absolute atomic E-state index is 0.00743. The van der Waals surface area contributed by atoms with Gasteiger partial charge in [-0.1, -0.05) is 0 Å². The molecule has 1 heterocycles. The van der Waals surface area contributed by atoms with Crippen molar-refractivity contribution < 1.29 is 9.53 Å². The van der Waals surface area contributed by atoms with Crippen LogP contribution in [0.25, 0.3) is 0 Å². The molecule has 6 heteroatoms. The number of anilines is 2. The van der Waals surface area contributed by atoms with E-state index in [1.54, 1.807) is 12.1 Å². The van der Waals surface area contributed by atoms with Gasteiger partial charge in [-0.2, -0.15) is 0 Å². The van der Waals surface area contributed by atoms with Gasteiger partial charge in [0.15, 0.2) is 0 Å². The van der Waals surface area contributed by atoms with Crippen LogP contribution in [0.2, 0.25) is 0 Å². The number of nitrogen functional groups attached to an aromatic ring is 1. The number of nitrogens with two attached hydrogens (primary N) is 1. The van der Waals surface area contributed by atoms with E-state index in [1.165, 1.54) is 6.42 Å². The van der Waals surface area contributed by atoms with Crippen LogP contribution in [0.15, 0.2) is 22.7 Å². The summed E-state index contributed by atoms with van der Waals surface area (Å²) in [5.74, 6) is 0.00743. The maximum absolute atomic E-state index is 12.3. The molecule has 1 saturated carbocycles. The quantitative estimate of drug-likeness (QED) is 0.817. The Bertz CT molecular complexity index is 538. The maximum atomic E-state index is 12.3. The van der Waals surface area contributed by atoms with E-state index in [2.05, 4.69) is 26.1 Å². The Labute approximate surface area is 132 Å². The van der Waals surface area contributed by atoms with Crippen molar-refractivity contribution in [2.45, 2.75) is 31.4 Å². The molecule has 0 bridgehead atoms. The number of carbonyl (C=O) groups excluding carboxylic acids is 1. The fourth-order valence-corrected chi connectivity index (χ4v) is 3.70. The Morgan fingerprint density at radius 1 is 1.48 bits per heavy atom. The Hall–Kier alpha value is -1.11. The highest BCUT2D eigenvalue weighted by Crippen LogP contribution is 2.29. The van der Waals surface area contributed by atoms with Gasteiger partial charge in [0.2, 0.25) is 5.91 Å². The number of carbonyl (C=O) groups is 1. The number of fused-ring (bicyclic) bond motifs is 1. The standard InChI is InChI=1S/C15H20BrN3O2/c16-11-8-10(17)4-5-12(11)18-15(20)9-19-6-7-21-14-3-1-2-13(14)19/h4-5,8,13-14H,1-3,6-7,9,17H2,(H,18,20). The lowest BCUT2D eigenvalue weighted by Gasteiger charge is -2.37.